The van der Waals surface area contributed by atoms with Gasteiger partial charge < -0.3 is 58.7 Å². The molecule has 0 aliphatic heterocycles. The molecule has 0 heterocycles. The number of hydrogen-bond acceptors (Lipinski definition) is 4. The van der Waals surface area contributed by atoms with Gasteiger partial charge in [0.05, 0.1) is 0 Å². The fraction of sp³-hybridized carbons (Fsp3) is 0. The Morgan fingerprint density at radius 2 is 0.318 bits per heavy atom. The van der Waals surface area contributed by atoms with Gasteiger partial charge in [0.15, 0.2) is 0 Å². The summed E-state index contributed by atoms with van der Waals surface area (Å²) >= 11 is 0. The van der Waals surface area contributed by atoms with E-state index in [0.717, 1.165) is 0 Å². The van der Waals surface area contributed by atoms with Crippen molar-refractivity contribution in [3.8, 4) is 0 Å². The monoisotopic (exact) mass is 504 g/mol. The Morgan fingerprint density at radius 3 is 0.318 bits per heavy atom. The van der Waals surface area contributed by atoms with Crippen molar-refractivity contribution in [3.05, 3.63) is 0 Å². The fourth-order valence-electron chi connectivity index (χ4n) is 0. The van der Waals surface area contributed by atoms with Gasteiger partial charge in [-0.2, -0.15) is 0 Å². The molecule has 0 unspecified atom stereocenters. The zero-order chi connectivity index (χ0) is 18.0. The van der Waals surface area contributed by atoms with Gasteiger partial charge in [-0.05, 0) is 0 Å². The molecule has 0 aromatic rings. The molecule has 0 radical (unpaired) electrons. The molecule has 12 N–H and O–H groups in total. The molecular formula is H12Fe2O16P4. The molecule has 0 saturated carbocycles. The third-order valence-electron chi connectivity index (χ3n) is 0. The molecule has 0 atom stereocenters. The molecule has 0 bridgehead atoms. The minimum Gasteiger partial charge on any atom is -0.303 e. The Balaban J connectivity index is -0.0000000376. The zero-order valence-corrected chi connectivity index (χ0v) is 15.3. The average molecular weight is 504 g/mol. The summed E-state index contributed by atoms with van der Waals surface area (Å²) in [5, 5.41) is 0. The van der Waals surface area contributed by atoms with Crippen molar-refractivity contribution >= 4 is 31.3 Å². The summed E-state index contributed by atoms with van der Waals surface area (Å²) in [4.78, 5) is 86.2. The van der Waals surface area contributed by atoms with Gasteiger partial charge in [0.25, 0.3) is 0 Å². The Kier molecular flexibility index (Phi) is 28.2. The van der Waals surface area contributed by atoms with Gasteiger partial charge in [0, 0.05) is 34.1 Å². The van der Waals surface area contributed by atoms with Crippen molar-refractivity contribution < 1.29 is 111 Å². The van der Waals surface area contributed by atoms with Crippen LogP contribution in [0.4, 0.5) is 0 Å². The first kappa shape index (κ1) is 38.8. The van der Waals surface area contributed by atoms with Crippen molar-refractivity contribution in [2.75, 3.05) is 0 Å². The summed E-state index contributed by atoms with van der Waals surface area (Å²) in [5.74, 6) is 0. The molecule has 0 saturated heterocycles. The van der Waals surface area contributed by atoms with Crippen LogP contribution in [-0.4, -0.2) is 58.7 Å². The molecule has 0 aliphatic carbocycles. The second kappa shape index (κ2) is 16.0. The Hall–Kier alpha value is 1.48. The van der Waals surface area contributed by atoms with Gasteiger partial charge in [-0.15, -0.1) is 0 Å². The first-order valence-electron chi connectivity index (χ1n) is 3.13. The van der Waals surface area contributed by atoms with Gasteiger partial charge in [0.2, 0.25) is 0 Å². The maximum absolute atomic E-state index is 8.88. The van der Waals surface area contributed by atoms with Crippen LogP contribution in [-0.2, 0) is 52.4 Å². The zero-order valence-electron chi connectivity index (χ0n) is 9.50. The van der Waals surface area contributed by atoms with E-state index < -0.39 is 31.3 Å². The van der Waals surface area contributed by atoms with Crippen LogP contribution in [0.2, 0.25) is 0 Å². The Bertz CT molecular complexity index is 289. The third-order valence-corrected chi connectivity index (χ3v) is 0. The molecule has 0 aliphatic rings. The molecule has 0 amide bonds. The SMILES string of the molecule is O=P(O)(O)O.O=P(O)(O)O.O=P(O)(O)O.O=P(O)(O)O.[Fe].[Fe]. The van der Waals surface area contributed by atoms with E-state index in [4.69, 9.17) is 77.0 Å². The molecule has 0 spiro atoms. The van der Waals surface area contributed by atoms with Crippen molar-refractivity contribution in [3.63, 3.8) is 0 Å². The predicted molar refractivity (Wildman–Crippen MR) is 57.1 cm³/mol. The summed E-state index contributed by atoms with van der Waals surface area (Å²) in [6.45, 7) is 0. The first-order chi connectivity index (χ1) is 8.00. The average Bonchev–Trinajstić information content (AvgIpc) is 1.62. The van der Waals surface area contributed by atoms with Crippen LogP contribution in [0.15, 0.2) is 0 Å². The number of phosphoric acid groups is 4. The standard InChI is InChI=1S/2Fe.4H3O4P/c;;4*1-5(2,3)4/h;;4*(H3,1,2,3,4). The first-order valence-corrected chi connectivity index (χ1v) is 9.39. The smallest absolute Gasteiger partial charge is 0.303 e. The Labute approximate surface area is 142 Å². The minimum absolute atomic E-state index is 0. The van der Waals surface area contributed by atoms with E-state index in [2.05, 4.69) is 0 Å². The summed E-state index contributed by atoms with van der Waals surface area (Å²) in [7, 11) is -18.6. The van der Waals surface area contributed by atoms with E-state index >= 15 is 0 Å². The van der Waals surface area contributed by atoms with Crippen molar-refractivity contribution in [2.24, 2.45) is 0 Å². The predicted octanol–water partition coefficient (Wildman–Crippen LogP) is -3.72. The van der Waals surface area contributed by atoms with Gasteiger partial charge in [-0.1, -0.05) is 0 Å². The van der Waals surface area contributed by atoms with Crippen LogP contribution in [0.3, 0.4) is 0 Å². The number of rotatable bonds is 0. The van der Waals surface area contributed by atoms with Gasteiger partial charge in [-0.3, -0.25) is 0 Å². The van der Waals surface area contributed by atoms with Crippen LogP contribution in [0.5, 0.6) is 0 Å². The van der Waals surface area contributed by atoms with Crippen LogP contribution in [0, 0.1) is 0 Å². The molecule has 144 valence electrons. The molecule has 22 heavy (non-hydrogen) atoms. The topological polar surface area (TPSA) is 311 Å². The fourth-order valence-corrected chi connectivity index (χ4v) is 0. The van der Waals surface area contributed by atoms with Crippen LogP contribution < -0.4 is 0 Å². The minimum atomic E-state index is -4.64. The maximum atomic E-state index is 8.88. The third kappa shape index (κ3) is 4120. The second-order valence-electron chi connectivity index (χ2n) is 2.05. The summed E-state index contributed by atoms with van der Waals surface area (Å²) < 4.78 is 35.5. The van der Waals surface area contributed by atoms with E-state index in [1.54, 1.807) is 0 Å². The van der Waals surface area contributed by atoms with Crippen LogP contribution in [0.25, 0.3) is 0 Å². The summed E-state index contributed by atoms with van der Waals surface area (Å²) in [6.07, 6.45) is 0. The molecule has 0 aromatic carbocycles. The largest absolute Gasteiger partial charge is 0.466 e. The van der Waals surface area contributed by atoms with Crippen molar-refractivity contribution in [1.82, 2.24) is 0 Å². The van der Waals surface area contributed by atoms with E-state index in [1.165, 1.54) is 0 Å². The van der Waals surface area contributed by atoms with E-state index in [1.807, 2.05) is 0 Å². The van der Waals surface area contributed by atoms with E-state index in [9.17, 15) is 0 Å². The van der Waals surface area contributed by atoms with Crippen molar-refractivity contribution in [2.45, 2.75) is 0 Å². The molecule has 22 heteroatoms. The van der Waals surface area contributed by atoms with E-state index in [-0.39, 0.29) is 34.1 Å². The van der Waals surface area contributed by atoms with Crippen LogP contribution >= 0.6 is 31.3 Å². The second-order valence-corrected chi connectivity index (χ2v) is 6.16. The molecule has 0 fully saturated rings. The van der Waals surface area contributed by atoms with Gasteiger partial charge >= 0.3 is 31.3 Å². The maximum Gasteiger partial charge on any atom is 0.466 e. The molecular weight excluding hydrogens is 492 g/mol. The van der Waals surface area contributed by atoms with Gasteiger partial charge in [-0.25, -0.2) is 18.3 Å². The van der Waals surface area contributed by atoms with E-state index in [0.29, 0.717) is 0 Å². The Morgan fingerprint density at radius 1 is 0.318 bits per heavy atom. The number of hydrogen-bond donors (Lipinski definition) is 12. The summed E-state index contributed by atoms with van der Waals surface area (Å²) in [6, 6.07) is 0. The molecule has 0 aromatic heterocycles. The van der Waals surface area contributed by atoms with Crippen LogP contribution in [0.1, 0.15) is 0 Å². The molecule has 16 nitrogen and oxygen atoms in total. The quantitative estimate of drug-likeness (QED) is 0.112. The normalized spacial score (nSPS) is 10.7. The van der Waals surface area contributed by atoms with Crippen molar-refractivity contribution in [1.29, 1.82) is 0 Å². The van der Waals surface area contributed by atoms with Gasteiger partial charge in [0.1, 0.15) is 0 Å². The molecule has 0 rings (SSSR count). The summed E-state index contributed by atoms with van der Waals surface area (Å²) in [5.41, 5.74) is 0.